The van der Waals surface area contributed by atoms with Crippen molar-refractivity contribution in [1.29, 1.82) is 0 Å². The van der Waals surface area contributed by atoms with Crippen molar-refractivity contribution in [1.82, 2.24) is 0 Å². The Bertz CT molecular complexity index is 287. The third-order valence-corrected chi connectivity index (χ3v) is 3.96. The Labute approximate surface area is 167 Å². The molecule has 0 aliphatic carbocycles. The maximum Gasteiger partial charge on any atom is 0.394 e. The van der Waals surface area contributed by atoms with Gasteiger partial charge in [0.2, 0.25) is 0 Å². The minimum atomic E-state index is -4.67. The highest BCUT2D eigenvalue weighted by molar-refractivity contribution is 7.79. The zero-order chi connectivity index (χ0) is 17.8. The molecule has 156 valence electrons. The molecule has 0 bridgehead atoms. The van der Waals surface area contributed by atoms with Crippen LogP contribution in [0.1, 0.15) is 117 Å². The molecular formula is C18H45AlO5S. The van der Waals surface area contributed by atoms with Crippen molar-refractivity contribution in [2.24, 2.45) is 0 Å². The third-order valence-electron chi connectivity index (χ3n) is 3.96. The van der Waals surface area contributed by atoms with Gasteiger partial charge in [-0.2, -0.15) is 8.42 Å². The maximum atomic E-state index is 8.74. The SMILES string of the molecule is CCCCCCCCCCCCCCCCCC.O.O=S(=O)(O)O.[AlH3]. The first-order valence-corrected chi connectivity index (χ1v) is 11.0. The van der Waals surface area contributed by atoms with Crippen molar-refractivity contribution in [2.75, 3.05) is 0 Å². The molecule has 0 heterocycles. The molecule has 4 N–H and O–H groups in total. The van der Waals surface area contributed by atoms with Crippen LogP contribution in [0.2, 0.25) is 0 Å². The fourth-order valence-electron chi connectivity index (χ4n) is 2.62. The molecule has 0 fully saturated rings. The molecule has 0 spiro atoms. The lowest BCUT2D eigenvalue weighted by Gasteiger charge is -2.03. The van der Waals surface area contributed by atoms with Crippen LogP contribution < -0.4 is 0 Å². The first kappa shape index (κ1) is 33.0. The van der Waals surface area contributed by atoms with E-state index in [4.69, 9.17) is 17.5 Å². The van der Waals surface area contributed by atoms with E-state index in [1.54, 1.807) is 0 Å². The lowest BCUT2D eigenvalue weighted by molar-refractivity contribution is 0.381. The average Bonchev–Trinajstić information content (AvgIpc) is 2.46. The van der Waals surface area contributed by atoms with Gasteiger partial charge in [0.1, 0.15) is 0 Å². The highest BCUT2D eigenvalue weighted by atomic mass is 32.3. The quantitative estimate of drug-likeness (QED) is 0.238. The number of hydrogen-bond acceptors (Lipinski definition) is 2. The molecule has 0 saturated heterocycles. The Hall–Kier alpha value is 0.362. The van der Waals surface area contributed by atoms with Gasteiger partial charge >= 0.3 is 10.4 Å². The lowest BCUT2D eigenvalue weighted by Crippen LogP contribution is -1.89. The molecule has 0 amide bonds. The fourth-order valence-corrected chi connectivity index (χ4v) is 2.62. The highest BCUT2D eigenvalue weighted by Crippen LogP contribution is 2.13. The molecule has 0 aliphatic heterocycles. The Morgan fingerprint density at radius 3 is 0.760 bits per heavy atom. The van der Waals surface area contributed by atoms with E-state index in [1.807, 2.05) is 0 Å². The van der Waals surface area contributed by atoms with Crippen molar-refractivity contribution < 1.29 is 23.0 Å². The minimum absolute atomic E-state index is 0. The van der Waals surface area contributed by atoms with Crippen molar-refractivity contribution >= 4 is 27.8 Å². The summed E-state index contributed by atoms with van der Waals surface area (Å²) in [5.74, 6) is 0. The van der Waals surface area contributed by atoms with E-state index in [1.165, 1.54) is 103 Å². The van der Waals surface area contributed by atoms with Crippen LogP contribution in [0.5, 0.6) is 0 Å². The second-order valence-electron chi connectivity index (χ2n) is 6.40. The van der Waals surface area contributed by atoms with Crippen LogP contribution in [0, 0.1) is 0 Å². The van der Waals surface area contributed by atoms with E-state index in [0.717, 1.165) is 0 Å². The largest absolute Gasteiger partial charge is 0.412 e. The minimum Gasteiger partial charge on any atom is -0.412 e. The zero-order valence-electron chi connectivity index (χ0n) is 15.9. The topological polar surface area (TPSA) is 106 Å². The Morgan fingerprint density at radius 1 is 0.520 bits per heavy atom. The van der Waals surface area contributed by atoms with Crippen LogP contribution in [0.25, 0.3) is 0 Å². The monoisotopic (exact) mass is 400 g/mol. The molecule has 25 heavy (non-hydrogen) atoms. The average molecular weight is 401 g/mol. The summed E-state index contributed by atoms with van der Waals surface area (Å²) in [4.78, 5) is 0. The van der Waals surface area contributed by atoms with E-state index < -0.39 is 10.4 Å². The molecule has 0 atom stereocenters. The van der Waals surface area contributed by atoms with E-state index in [9.17, 15) is 0 Å². The van der Waals surface area contributed by atoms with E-state index in [-0.39, 0.29) is 22.8 Å². The first-order chi connectivity index (χ1) is 10.9. The molecule has 0 rings (SSSR count). The first-order valence-electron chi connectivity index (χ1n) is 9.61. The molecule has 0 aromatic heterocycles. The number of unbranched alkanes of at least 4 members (excludes halogenated alkanes) is 15. The molecule has 0 aromatic carbocycles. The van der Waals surface area contributed by atoms with Crippen LogP contribution in [0.15, 0.2) is 0 Å². The highest BCUT2D eigenvalue weighted by Gasteiger charge is 1.93. The summed E-state index contributed by atoms with van der Waals surface area (Å²) in [6, 6.07) is 0. The summed E-state index contributed by atoms with van der Waals surface area (Å²) < 4.78 is 31.6. The van der Waals surface area contributed by atoms with E-state index in [2.05, 4.69) is 13.8 Å². The molecule has 0 aromatic rings. The summed E-state index contributed by atoms with van der Waals surface area (Å²) in [6.07, 6.45) is 23.4. The van der Waals surface area contributed by atoms with Gasteiger partial charge in [-0.15, -0.1) is 0 Å². The maximum absolute atomic E-state index is 8.74. The molecular weight excluding hydrogens is 355 g/mol. The van der Waals surface area contributed by atoms with Crippen molar-refractivity contribution in [3.05, 3.63) is 0 Å². The molecule has 0 aliphatic rings. The molecule has 7 heteroatoms. The van der Waals surface area contributed by atoms with Gasteiger partial charge < -0.3 is 5.48 Å². The van der Waals surface area contributed by atoms with Crippen LogP contribution in [0.4, 0.5) is 0 Å². The Kier molecular flexibility index (Phi) is 35.1. The van der Waals surface area contributed by atoms with Crippen LogP contribution >= 0.6 is 0 Å². The van der Waals surface area contributed by atoms with Gasteiger partial charge in [-0.25, -0.2) is 0 Å². The predicted molar refractivity (Wildman–Crippen MR) is 113 cm³/mol. The Balaban J connectivity index is -0.000000276. The van der Waals surface area contributed by atoms with Gasteiger partial charge in [-0.05, 0) is 0 Å². The number of rotatable bonds is 15. The van der Waals surface area contributed by atoms with Gasteiger partial charge in [0, 0.05) is 0 Å². The fraction of sp³-hybridized carbons (Fsp3) is 1.00. The van der Waals surface area contributed by atoms with Gasteiger partial charge in [-0.3, -0.25) is 9.11 Å². The summed E-state index contributed by atoms with van der Waals surface area (Å²) in [6.45, 7) is 4.59. The third kappa shape index (κ3) is 51.6. The van der Waals surface area contributed by atoms with Crippen molar-refractivity contribution in [3.63, 3.8) is 0 Å². The summed E-state index contributed by atoms with van der Waals surface area (Å²) in [7, 11) is -4.67. The van der Waals surface area contributed by atoms with Gasteiger partial charge in [0.25, 0.3) is 0 Å². The summed E-state index contributed by atoms with van der Waals surface area (Å²) in [5, 5.41) is 0. The summed E-state index contributed by atoms with van der Waals surface area (Å²) in [5.41, 5.74) is 0. The van der Waals surface area contributed by atoms with E-state index in [0.29, 0.717) is 0 Å². The second-order valence-corrected chi connectivity index (χ2v) is 7.29. The van der Waals surface area contributed by atoms with Gasteiger partial charge in [0.15, 0.2) is 17.4 Å². The van der Waals surface area contributed by atoms with Gasteiger partial charge in [-0.1, -0.05) is 117 Å². The molecule has 5 nitrogen and oxygen atoms in total. The van der Waals surface area contributed by atoms with E-state index >= 15 is 0 Å². The van der Waals surface area contributed by atoms with Crippen LogP contribution in [0.3, 0.4) is 0 Å². The normalized spacial score (nSPS) is 10.2. The molecule has 0 unspecified atom stereocenters. The molecule has 0 radical (unpaired) electrons. The second kappa shape index (κ2) is 26.6. The smallest absolute Gasteiger partial charge is 0.394 e. The zero-order valence-corrected chi connectivity index (χ0v) is 16.7. The Morgan fingerprint density at radius 2 is 0.640 bits per heavy atom. The standard InChI is InChI=1S/C18H38.Al.H2O4S.H2O.3H/c1-3-5-7-9-11-13-15-17-18-16-14-12-10-8-6-4-2;;1-5(2,3)4;;;;/h3-18H2,1-2H3;;(H2,1,2,3,4);1H2;;;. The van der Waals surface area contributed by atoms with Crippen LogP contribution in [-0.2, 0) is 10.4 Å². The summed E-state index contributed by atoms with van der Waals surface area (Å²) >= 11 is 0. The lowest BCUT2D eigenvalue weighted by atomic mass is 10.0. The number of hydrogen-bond donors (Lipinski definition) is 2. The van der Waals surface area contributed by atoms with Crippen molar-refractivity contribution in [2.45, 2.75) is 117 Å². The van der Waals surface area contributed by atoms with Crippen LogP contribution in [-0.4, -0.2) is 40.4 Å². The molecule has 0 saturated carbocycles. The predicted octanol–water partition coefficient (Wildman–Crippen LogP) is 4.61. The van der Waals surface area contributed by atoms with Crippen molar-refractivity contribution in [3.8, 4) is 0 Å². The van der Waals surface area contributed by atoms with Gasteiger partial charge in [0.05, 0.1) is 0 Å².